The average molecular weight is 506 g/mol. The van der Waals surface area contributed by atoms with Gasteiger partial charge in [-0.05, 0) is 78.6 Å². The number of nitrogens with one attached hydrogen (secondary N) is 1. The predicted molar refractivity (Wildman–Crippen MR) is 143 cm³/mol. The molecule has 3 fully saturated rings. The van der Waals surface area contributed by atoms with Crippen molar-refractivity contribution in [1.82, 2.24) is 5.32 Å². The first kappa shape index (κ1) is 26.1. The van der Waals surface area contributed by atoms with E-state index in [1.54, 1.807) is 12.1 Å². The number of methoxy groups -OCH3 is 1. The second kappa shape index (κ2) is 9.35. The third kappa shape index (κ3) is 3.49. The molecule has 0 aromatic heterocycles. The molecule has 6 heteroatoms. The van der Waals surface area contributed by atoms with E-state index in [2.05, 4.69) is 31.0 Å². The van der Waals surface area contributed by atoms with E-state index in [1.807, 2.05) is 25.2 Å². The molecule has 3 saturated carbocycles. The van der Waals surface area contributed by atoms with Gasteiger partial charge in [0.1, 0.15) is 11.5 Å². The van der Waals surface area contributed by atoms with Gasteiger partial charge in [0.2, 0.25) is 0 Å². The van der Waals surface area contributed by atoms with Crippen molar-refractivity contribution in [3.63, 3.8) is 0 Å². The van der Waals surface area contributed by atoms with Gasteiger partial charge < -0.3 is 25.4 Å². The summed E-state index contributed by atoms with van der Waals surface area (Å²) in [6, 6.07) is 13.6. The largest absolute Gasteiger partial charge is 0.508 e. The van der Waals surface area contributed by atoms with Crippen LogP contribution in [0.25, 0.3) is 11.1 Å². The number of rotatable bonds is 9. The summed E-state index contributed by atoms with van der Waals surface area (Å²) in [6.45, 7) is 7.00. The number of aliphatic hydroxyl groups excluding tert-OH is 1. The van der Waals surface area contributed by atoms with E-state index in [0.717, 1.165) is 47.1 Å². The summed E-state index contributed by atoms with van der Waals surface area (Å²) in [5.74, 6) is -2.23. The lowest BCUT2D eigenvalue weighted by molar-refractivity contribution is -0.265. The highest BCUT2D eigenvalue weighted by Crippen LogP contribution is 2.79. The molecule has 2 aromatic carbocycles. The van der Waals surface area contributed by atoms with Crippen LogP contribution in [0.5, 0.6) is 5.75 Å². The van der Waals surface area contributed by atoms with Crippen LogP contribution in [0.1, 0.15) is 43.7 Å². The molecule has 6 atom stereocenters. The van der Waals surface area contributed by atoms with Crippen LogP contribution in [-0.4, -0.2) is 47.7 Å². The zero-order chi connectivity index (χ0) is 26.6. The van der Waals surface area contributed by atoms with Crippen molar-refractivity contribution < 1.29 is 24.9 Å². The maximum Gasteiger partial charge on any atom is 0.185 e. The Morgan fingerprint density at radius 3 is 2.65 bits per heavy atom. The average Bonchev–Trinajstić information content (AvgIpc) is 3.21. The summed E-state index contributed by atoms with van der Waals surface area (Å²) in [5.41, 5.74) is 3.10. The van der Waals surface area contributed by atoms with Gasteiger partial charge in [0, 0.05) is 38.0 Å². The summed E-state index contributed by atoms with van der Waals surface area (Å²) in [5, 5.41) is 35.6. The van der Waals surface area contributed by atoms with Crippen molar-refractivity contribution in [3.8, 4) is 16.9 Å². The van der Waals surface area contributed by atoms with Gasteiger partial charge in [-0.25, -0.2) is 0 Å². The summed E-state index contributed by atoms with van der Waals surface area (Å²) >= 11 is 0. The number of aryl methyl sites for hydroxylation is 1. The number of aromatic hydroxyl groups is 1. The van der Waals surface area contributed by atoms with Crippen molar-refractivity contribution >= 4 is 5.78 Å². The van der Waals surface area contributed by atoms with E-state index in [-0.39, 0.29) is 36.4 Å². The van der Waals surface area contributed by atoms with E-state index in [4.69, 9.17) is 4.74 Å². The molecule has 0 unspecified atom stereocenters. The molecule has 37 heavy (non-hydrogen) atoms. The Hall–Kier alpha value is -2.51. The van der Waals surface area contributed by atoms with Gasteiger partial charge >= 0.3 is 0 Å². The third-order valence-corrected chi connectivity index (χ3v) is 9.86. The number of hydrogen-bond donors (Lipinski definition) is 4. The Morgan fingerprint density at radius 2 is 1.95 bits per heavy atom. The Labute approximate surface area is 219 Å². The number of phenols is 1. The molecule has 0 spiro atoms. The zero-order valence-corrected chi connectivity index (χ0v) is 22.1. The quantitative estimate of drug-likeness (QED) is 0.301. The van der Waals surface area contributed by atoms with Crippen LogP contribution in [-0.2, 0) is 22.5 Å². The van der Waals surface area contributed by atoms with E-state index in [1.165, 1.54) is 7.11 Å². The topological polar surface area (TPSA) is 99.0 Å². The van der Waals surface area contributed by atoms with E-state index in [9.17, 15) is 20.1 Å². The number of Topliss-reactive ketones (excluding diaryl/α,β-unsaturated/α-hetero) is 1. The lowest BCUT2D eigenvalue weighted by Gasteiger charge is -2.55. The number of carbonyl (C=O) groups excluding carboxylic acids is 1. The lowest BCUT2D eigenvalue weighted by atomic mass is 9.47. The monoisotopic (exact) mass is 505 g/mol. The molecule has 0 aliphatic heterocycles. The molecule has 0 heterocycles. The molecule has 3 aliphatic carbocycles. The van der Waals surface area contributed by atoms with Gasteiger partial charge in [-0.3, -0.25) is 4.79 Å². The second-order valence-corrected chi connectivity index (χ2v) is 11.4. The maximum atomic E-state index is 14.3. The zero-order valence-electron chi connectivity index (χ0n) is 22.1. The van der Waals surface area contributed by atoms with Crippen molar-refractivity contribution in [2.45, 2.75) is 51.4 Å². The van der Waals surface area contributed by atoms with Crippen LogP contribution < -0.4 is 5.32 Å². The number of ether oxygens (including phenoxy) is 1. The van der Waals surface area contributed by atoms with Crippen molar-refractivity contribution in [2.24, 2.45) is 28.6 Å². The van der Waals surface area contributed by atoms with Crippen LogP contribution in [0, 0.1) is 28.6 Å². The predicted octanol–water partition coefficient (Wildman–Crippen LogP) is 4.22. The number of fused-ring (bicyclic) bond motifs is 1. The first-order valence-electron chi connectivity index (χ1n) is 13.4. The first-order valence-corrected chi connectivity index (χ1v) is 13.4. The molecular weight excluding hydrogens is 466 g/mol. The summed E-state index contributed by atoms with van der Waals surface area (Å²) in [4.78, 5) is 14.3. The number of aliphatic hydroxyl groups is 2. The minimum atomic E-state index is -1.65. The molecule has 2 bridgehead atoms. The third-order valence-electron chi connectivity index (χ3n) is 9.86. The fraction of sp³-hybridized carbons (Fsp3) is 0.516. The van der Waals surface area contributed by atoms with E-state index >= 15 is 0 Å². The highest BCUT2D eigenvalue weighted by atomic mass is 16.6. The van der Waals surface area contributed by atoms with Crippen molar-refractivity contribution in [2.75, 3.05) is 20.8 Å². The SMILES string of the molecule is C=C1[C@H]2[C@H](CO)[C@H]3CCC[C@]1(C)[C@@]3(C(=O)CCc1cccc(-c3cc(O)cc(CNC)c3)c1)[C@@]2(O)OC. The number of carbonyl (C=O) groups is 1. The van der Waals surface area contributed by atoms with Gasteiger partial charge in [-0.15, -0.1) is 0 Å². The smallest absolute Gasteiger partial charge is 0.185 e. The van der Waals surface area contributed by atoms with Gasteiger partial charge in [-0.1, -0.05) is 49.8 Å². The molecule has 0 radical (unpaired) electrons. The Bertz CT molecular complexity index is 1230. The molecule has 0 saturated heterocycles. The molecule has 0 amide bonds. The highest BCUT2D eigenvalue weighted by Gasteiger charge is 2.84. The first-order chi connectivity index (χ1) is 17.7. The lowest BCUT2D eigenvalue weighted by Crippen LogP contribution is -2.61. The molecule has 5 rings (SSSR count). The number of hydrogen-bond acceptors (Lipinski definition) is 6. The van der Waals surface area contributed by atoms with E-state index in [0.29, 0.717) is 13.0 Å². The Balaban J connectivity index is 1.45. The van der Waals surface area contributed by atoms with Crippen LogP contribution >= 0.6 is 0 Å². The maximum absolute atomic E-state index is 14.3. The fourth-order valence-corrected chi connectivity index (χ4v) is 8.46. The number of ketones is 1. The van der Waals surface area contributed by atoms with Gasteiger partial charge in [0.15, 0.2) is 5.79 Å². The molecule has 6 nitrogen and oxygen atoms in total. The van der Waals surface area contributed by atoms with Crippen LogP contribution in [0.4, 0.5) is 0 Å². The van der Waals surface area contributed by atoms with Gasteiger partial charge in [0.25, 0.3) is 0 Å². The molecule has 198 valence electrons. The molecule has 3 aliphatic rings. The summed E-state index contributed by atoms with van der Waals surface area (Å²) in [6.07, 6.45) is 3.32. The van der Waals surface area contributed by atoms with Gasteiger partial charge in [0.05, 0.1) is 5.41 Å². The summed E-state index contributed by atoms with van der Waals surface area (Å²) < 4.78 is 5.82. The fourth-order valence-electron chi connectivity index (χ4n) is 8.46. The van der Waals surface area contributed by atoms with Crippen LogP contribution in [0.2, 0.25) is 0 Å². The minimum absolute atomic E-state index is 0.00251. The highest BCUT2D eigenvalue weighted by molar-refractivity contribution is 5.90. The van der Waals surface area contributed by atoms with Gasteiger partial charge in [-0.2, -0.15) is 0 Å². The van der Waals surface area contributed by atoms with Crippen LogP contribution in [0.15, 0.2) is 54.6 Å². The Kier molecular flexibility index (Phi) is 6.60. The number of phenolic OH excluding ortho intramolecular Hbond substituents is 1. The molecule has 4 N–H and O–H groups in total. The minimum Gasteiger partial charge on any atom is -0.508 e. The van der Waals surface area contributed by atoms with E-state index < -0.39 is 22.5 Å². The van der Waals surface area contributed by atoms with Crippen LogP contribution in [0.3, 0.4) is 0 Å². The molecule has 2 aromatic rings. The standard InChI is InChI=1S/C31H39NO5/c1-19-28-25(18-33)26-9-6-12-29(19,2)30(26,31(28,36)37-4)27(35)11-10-20-7-5-8-22(13-20)23-14-21(17-32-3)15-24(34)16-23/h5,7-8,13-16,25-26,28,32-34,36H,1,6,9-12,17-18H2,2-4H3/t25-,26-,28+,29+,30-,31+/m1/s1. The normalized spacial score (nSPS) is 34.2. The van der Waals surface area contributed by atoms with Crippen molar-refractivity contribution in [1.29, 1.82) is 0 Å². The summed E-state index contributed by atoms with van der Waals surface area (Å²) in [7, 11) is 3.35. The number of benzene rings is 2. The molecular formula is C31H39NO5. The Morgan fingerprint density at radius 1 is 1.19 bits per heavy atom. The van der Waals surface area contributed by atoms with Crippen molar-refractivity contribution in [3.05, 3.63) is 65.7 Å². The second-order valence-electron chi connectivity index (χ2n) is 11.4.